The molecule has 1 saturated carbocycles. The molecule has 1 aromatic carbocycles. The molecule has 0 spiro atoms. The smallest absolute Gasteiger partial charge is 0.339 e. The Labute approximate surface area is 125 Å². The molecule has 110 valence electrons. The van der Waals surface area contributed by atoms with E-state index in [1.807, 2.05) is 6.07 Å². The van der Waals surface area contributed by atoms with Gasteiger partial charge in [-0.3, -0.25) is 0 Å². The van der Waals surface area contributed by atoms with Gasteiger partial charge in [0.2, 0.25) is 0 Å². The molecular formula is C16H22ClNO2. The average molecular weight is 296 g/mol. The number of hydrogen-bond acceptors (Lipinski definition) is 3. The van der Waals surface area contributed by atoms with Gasteiger partial charge in [0.1, 0.15) is 0 Å². The van der Waals surface area contributed by atoms with Gasteiger partial charge in [0.25, 0.3) is 0 Å². The van der Waals surface area contributed by atoms with E-state index >= 15 is 0 Å². The van der Waals surface area contributed by atoms with Crippen molar-refractivity contribution >= 4 is 23.3 Å². The zero-order valence-electron chi connectivity index (χ0n) is 12.3. The Balaban J connectivity index is 2.08. The lowest BCUT2D eigenvalue weighted by atomic mass is 9.79. The largest absolute Gasteiger partial charge is 0.465 e. The van der Waals surface area contributed by atoms with Crippen molar-refractivity contribution in [1.29, 1.82) is 0 Å². The third-order valence-electron chi connectivity index (χ3n) is 4.34. The van der Waals surface area contributed by atoms with E-state index in [-0.39, 0.29) is 0 Å². The first-order valence-corrected chi connectivity index (χ1v) is 7.53. The standard InChI is InChI=1S/C16H22ClNO2/c1-10-4-5-12(8-11(10)2)18-13-6-7-15(17)14(9-13)16(19)20-3/h6-7,9-12,18H,4-5,8H2,1-3H3. The highest BCUT2D eigenvalue weighted by atomic mass is 35.5. The van der Waals surface area contributed by atoms with E-state index < -0.39 is 5.97 Å². The zero-order valence-corrected chi connectivity index (χ0v) is 13.0. The van der Waals surface area contributed by atoms with Crippen molar-refractivity contribution < 1.29 is 9.53 Å². The van der Waals surface area contributed by atoms with Crippen molar-refractivity contribution in [3.8, 4) is 0 Å². The molecule has 0 aliphatic heterocycles. The lowest BCUT2D eigenvalue weighted by molar-refractivity contribution is 0.0601. The molecule has 3 atom stereocenters. The molecule has 1 aliphatic carbocycles. The summed E-state index contributed by atoms with van der Waals surface area (Å²) in [6.45, 7) is 4.62. The summed E-state index contributed by atoms with van der Waals surface area (Å²) in [5.74, 6) is 1.13. The van der Waals surface area contributed by atoms with Crippen molar-refractivity contribution in [3.05, 3.63) is 28.8 Å². The van der Waals surface area contributed by atoms with E-state index in [9.17, 15) is 4.79 Å². The molecule has 0 heterocycles. The fraction of sp³-hybridized carbons (Fsp3) is 0.562. The van der Waals surface area contributed by atoms with Gasteiger partial charge in [0, 0.05) is 11.7 Å². The summed E-state index contributed by atoms with van der Waals surface area (Å²) in [7, 11) is 1.36. The van der Waals surface area contributed by atoms with Gasteiger partial charge in [-0.15, -0.1) is 0 Å². The number of halogens is 1. The van der Waals surface area contributed by atoms with Crippen LogP contribution in [0.25, 0.3) is 0 Å². The summed E-state index contributed by atoms with van der Waals surface area (Å²) in [5.41, 5.74) is 1.35. The van der Waals surface area contributed by atoms with Crippen LogP contribution in [0.3, 0.4) is 0 Å². The summed E-state index contributed by atoms with van der Waals surface area (Å²) in [4.78, 5) is 11.6. The van der Waals surface area contributed by atoms with Crippen LogP contribution in [-0.2, 0) is 4.74 Å². The third kappa shape index (κ3) is 3.45. The summed E-state index contributed by atoms with van der Waals surface area (Å²) >= 11 is 6.03. The Morgan fingerprint density at radius 2 is 2.05 bits per heavy atom. The number of hydrogen-bond donors (Lipinski definition) is 1. The number of anilines is 1. The molecule has 1 aliphatic rings. The molecule has 0 bridgehead atoms. The van der Waals surface area contributed by atoms with Crippen LogP contribution in [0.5, 0.6) is 0 Å². The van der Waals surface area contributed by atoms with Crippen LogP contribution in [0, 0.1) is 11.8 Å². The van der Waals surface area contributed by atoms with Gasteiger partial charge in [0.15, 0.2) is 0 Å². The first kappa shape index (κ1) is 15.2. The quantitative estimate of drug-likeness (QED) is 0.842. The predicted octanol–water partition coefficient (Wildman–Crippen LogP) is 4.36. The average Bonchev–Trinajstić information content (AvgIpc) is 2.44. The molecule has 4 heteroatoms. The number of methoxy groups -OCH3 is 1. The van der Waals surface area contributed by atoms with E-state index in [1.165, 1.54) is 20.0 Å². The van der Waals surface area contributed by atoms with Gasteiger partial charge in [-0.25, -0.2) is 4.79 Å². The molecule has 1 N–H and O–H groups in total. The van der Waals surface area contributed by atoms with Crippen LogP contribution in [-0.4, -0.2) is 19.1 Å². The molecule has 2 rings (SSSR count). The number of benzene rings is 1. The Morgan fingerprint density at radius 3 is 2.70 bits per heavy atom. The third-order valence-corrected chi connectivity index (χ3v) is 4.67. The van der Waals surface area contributed by atoms with Crippen molar-refractivity contribution in [2.75, 3.05) is 12.4 Å². The normalized spacial score (nSPS) is 26.1. The maximum Gasteiger partial charge on any atom is 0.339 e. The number of nitrogens with one attached hydrogen (secondary N) is 1. The second kappa shape index (κ2) is 6.49. The van der Waals surface area contributed by atoms with Gasteiger partial charge >= 0.3 is 5.97 Å². The molecular weight excluding hydrogens is 274 g/mol. The predicted molar refractivity (Wildman–Crippen MR) is 82.4 cm³/mol. The van der Waals surface area contributed by atoms with Gasteiger partial charge in [-0.05, 0) is 49.3 Å². The van der Waals surface area contributed by atoms with Crippen LogP contribution < -0.4 is 5.32 Å². The number of carbonyl (C=O) groups excluding carboxylic acids is 1. The summed E-state index contributed by atoms with van der Waals surface area (Å²) < 4.78 is 4.74. The summed E-state index contributed by atoms with van der Waals surface area (Å²) in [6, 6.07) is 5.90. The molecule has 0 saturated heterocycles. The van der Waals surface area contributed by atoms with E-state index in [4.69, 9.17) is 16.3 Å². The Kier molecular flexibility index (Phi) is 4.92. The second-order valence-electron chi connectivity index (χ2n) is 5.80. The van der Waals surface area contributed by atoms with E-state index in [0.717, 1.165) is 23.9 Å². The molecule has 3 unspecified atom stereocenters. The van der Waals surface area contributed by atoms with Crippen molar-refractivity contribution in [3.63, 3.8) is 0 Å². The summed E-state index contributed by atoms with van der Waals surface area (Å²) in [5, 5.41) is 3.94. The van der Waals surface area contributed by atoms with Crippen molar-refractivity contribution in [1.82, 2.24) is 0 Å². The number of rotatable bonds is 3. The highest BCUT2D eigenvalue weighted by molar-refractivity contribution is 6.33. The van der Waals surface area contributed by atoms with Gasteiger partial charge in [0.05, 0.1) is 17.7 Å². The number of carbonyl (C=O) groups is 1. The summed E-state index contributed by atoms with van der Waals surface area (Å²) in [6.07, 6.45) is 3.58. The molecule has 20 heavy (non-hydrogen) atoms. The first-order valence-electron chi connectivity index (χ1n) is 7.15. The molecule has 0 aromatic heterocycles. The maximum absolute atomic E-state index is 11.6. The molecule has 0 amide bonds. The minimum atomic E-state index is -0.399. The Morgan fingerprint density at radius 1 is 1.30 bits per heavy atom. The van der Waals surface area contributed by atoms with Gasteiger partial charge in [-0.1, -0.05) is 25.4 Å². The highest BCUT2D eigenvalue weighted by Gasteiger charge is 2.24. The zero-order chi connectivity index (χ0) is 14.7. The van der Waals surface area contributed by atoms with Crippen LogP contribution in [0.4, 0.5) is 5.69 Å². The molecule has 1 fully saturated rings. The first-order chi connectivity index (χ1) is 9.51. The van der Waals surface area contributed by atoms with Crippen molar-refractivity contribution in [2.24, 2.45) is 11.8 Å². The van der Waals surface area contributed by atoms with E-state index in [1.54, 1.807) is 12.1 Å². The van der Waals surface area contributed by atoms with Gasteiger partial charge in [-0.2, -0.15) is 0 Å². The fourth-order valence-corrected chi connectivity index (χ4v) is 2.99. The SMILES string of the molecule is COC(=O)c1cc(NC2CCC(C)C(C)C2)ccc1Cl. The molecule has 0 radical (unpaired) electrons. The van der Waals surface area contributed by atoms with Crippen LogP contribution in [0.15, 0.2) is 18.2 Å². The Bertz CT molecular complexity index is 489. The second-order valence-corrected chi connectivity index (χ2v) is 6.20. The monoisotopic (exact) mass is 295 g/mol. The minimum absolute atomic E-state index is 0.399. The Hall–Kier alpha value is -1.22. The van der Waals surface area contributed by atoms with Crippen LogP contribution in [0.2, 0.25) is 5.02 Å². The van der Waals surface area contributed by atoms with Gasteiger partial charge < -0.3 is 10.1 Å². The van der Waals surface area contributed by atoms with Crippen molar-refractivity contribution in [2.45, 2.75) is 39.2 Å². The molecule has 1 aromatic rings. The number of esters is 1. The lowest BCUT2D eigenvalue weighted by Gasteiger charge is -2.33. The topological polar surface area (TPSA) is 38.3 Å². The van der Waals surface area contributed by atoms with Crippen LogP contribution >= 0.6 is 11.6 Å². The van der Waals surface area contributed by atoms with E-state index in [0.29, 0.717) is 16.6 Å². The number of ether oxygens (including phenoxy) is 1. The maximum atomic E-state index is 11.6. The fourth-order valence-electron chi connectivity index (χ4n) is 2.80. The lowest BCUT2D eigenvalue weighted by Crippen LogP contribution is -2.30. The highest BCUT2D eigenvalue weighted by Crippen LogP contribution is 2.31. The van der Waals surface area contributed by atoms with Crippen LogP contribution in [0.1, 0.15) is 43.5 Å². The minimum Gasteiger partial charge on any atom is -0.465 e. The molecule has 3 nitrogen and oxygen atoms in total. The van der Waals surface area contributed by atoms with E-state index in [2.05, 4.69) is 19.2 Å².